The summed E-state index contributed by atoms with van der Waals surface area (Å²) in [4.78, 5) is 0. The molecular weight excluding hydrogens is 144 g/mol. The lowest BCUT2D eigenvalue weighted by Crippen LogP contribution is -2.38. The van der Waals surface area contributed by atoms with E-state index in [1.54, 1.807) is 13.8 Å². The Labute approximate surface area is 67.7 Å². The van der Waals surface area contributed by atoms with Crippen molar-refractivity contribution in [2.45, 2.75) is 39.3 Å². The highest BCUT2D eigenvalue weighted by Crippen LogP contribution is 1.89. The van der Waals surface area contributed by atoms with E-state index in [9.17, 15) is 0 Å². The Hall–Kier alpha value is -0.160. The smallest absolute Gasteiger partial charge is 0.107 e. The minimum absolute atomic E-state index is 0.107. The molecule has 0 heterocycles. The molecule has 0 rings (SSSR count). The Morgan fingerprint density at radius 2 is 2.00 bits per heavy atom. The van der Waals surface area contributed by atoms with Crippen molar-refractivity contribution >= 4 is 0 Å². The highest BCUT2D eigenvalue weighted by Gasteiger charge is 2.04. The molecule has 0 aromatic heterocycles. The molecule has 3 atom stereocenters. The van der Waals surface area contributed by atoms with Crippen LogP contribution in [-0.4, -0.2) is 30.2 Å². The molecule has 4 N–H and O–H groups in total. The molecule has 11 heavy (non-hydrogen) atoms. The van der Waals surface area contributed by atoms with Crippen molar-refractivity contribution in [3.05, 3.63) is 0 Å². The van der Waals surface area contributed by atoms with Crippen LogP contribution in [0.3, 0.4) is 0 Å². The Morgan fingerprint density at radius 1 is 1.45 bits per heavy atom. The third kappa shape index (κ3) is 7.74. The minimum Gasteiger partial charge on any atom is -0.392 e. The molecule has 0 spiro atoms. The predicted octanol–water partition coefficient (Wildman–Crippen LogP) is -0.376. The second kappa shape index (κ2) is 5.49. The van der Waals surface area contributed by atoms with Crippen LogP contribution >= 0.6 is 0 Å². The monoisotopic (exact) mass is 162 g/mol. The highest BCUT2D eigenvalue weighted by atomic mass is 16.5. The molecule has 4 heteroatoms. The van der Waals surface area contributed by atoms with E-state index < -0.39 is 0 Å². The number of nitrogens with two attached hydrogens (primary N) is 1. The van der Waals surface area contributed by atoms with Crippen LogP contribution in [-0.2, 0) is 4.74 Å². The molecule has 3 unspecified atom stereocenters. The number of aliphatic hydroxyl groups excluding tert-OH is 1. The van der Waals surface area contributed by atoms with Gasteiger partial charge in [0, 0.05) is 6.54 Å². The number of hydrogen-bond donors (Lipinski definition) is 3. The first-order valence-corrected chi connectivity index (χ1v) is 3.85. The van der Waals surface area contributed by atoms with Crippen LogP contribution in [0.5, 0.6) is 0 Å². The average Bonchev–Trinajstić information content (AvgIpc) is 1.82. The summed E-state index contributed by atoms with van der Waals surface area (Å²) in [5, 5.41) is 11.8. The quantitative estimate of drug-likeness (QED) is 0.482. The summed E-state index contributed by atoms with van der Waals surface area (Å²) in [5.41, 5.74) is 5.37. The molecule has 0 aromatic rings. The second-order valence-corrected chi connectivity index (χ2v) is 2.74. The Balaban J connectivity index is 3.29. The first-order chi connectivity index (χ1) is 5.02. The van der Waals surface area contributed by atoms with Gasteiger partial charge in [0.25, 0.3) is 0 Å². The van der Waals surface area contributed by atoms with Crippen molar-refractivity contribution in [3.63, 3.8) is 0 Å². The highest BCUT2D eigenvalue weighted by molar-refractivity contribution is 4.54. The summed E-state index contributed by atoms with van der Waals surface area (Å²) in [6, 6.07) is 0. The fourth-order valence-electron chi connectivity index (χ4n) is 0.707. The largest absolute Gasteiger partial charge is 0.392 e. The predicted molar refractivity (Wildman–Crippen MR) is 43.9 cm³/mol. The van der Waals surface area contributed by atoms with Gasteiger partial charge in [0.2, 0.25) is 0 Å². The number of nitrogens with one attached hydrogen (secondary N) is 1. The van der Waals surface area contributed by atoms with Gasteiger partial charge in [0.1, 0.15) is 12.5 Å². The van der Waals surface area contributed by atoms with Crippen LogP contribution in [0.2, 0.25) is 0 Å². The van der Waals surface area contributed by atoms with Crippen molar-refractivity contribution in [1.82, 2.24) is 5.32 Å². The van der Waals surface area contributed by atoms with E-state index in [1.165, 1.54) is 0 Å². The molecule has 0 radical (unpaired) electrons. The molecule has 4 nitrogen and oxygen atoms in total. The standard InChI is InChI=1S/C7H18N2O2/c1-5(10)4-9-7(3)11-6(2)8/h5-7,9-10H,4,8H2,1-3H3. The number of rotatable bonds is 5. The van der Waals surface area contributed by atoms with Gasteiger partial charge in [-0.3, -0.25) is 5.32 Å². The molecule has 0 saturated heterocycles. The minimum atomic E-state index is -0.353. The molecule has 0 aromatic carbocycles. The number of aliphatic hydroxyl groups is 1. The maximum atomic E-state index is 8.89. The van der Waals surface area contributed by atoms with Crippen LogP contribution in [0.25, 0.3) is 0 Å². The van der Waals surface area contributed by atoms with Crippen molar-refractivity contribution < 1.29 is 9.84 Å². The average molecular weight is 162 g/mol. The van der Waals surface area contributed by atoms with Crippen molar-refractivity contribution in [2.75, 3.05) is 6.54 Å². The lowest BCUT2D eigenvalue weighted by molar-refractivity contribution is -0.0119. The van der Waals surface area contributed by atoms with Crippen LogP contribution < -0.4 is 11.1 Å². The molecule has 0 amide bonds. The third-order valence-corrected chi connectivity index (χ3v) is 1.12. The fourth-order valence-corrected chi connectivity index (χ4v) is 0.707. The molecule has 0 saturated carbocycles. The van der Waals surface area contributed by atoms with Gasteiger partial charge >= 0.3 is 0 Å². The maximum Gasteiger partial charge on any atom is 0.107 e. The fraction of sp³-hybridized carbons (Fsp3) is 1.00. The zero-order chi connectivity index (χ0) is 8.85. The summed E-state index contributed by atoms with van der Waals surface area (Å²) < 4.78 is 5.16. The van der Waals surface area contributed by atoms with E-state index in [2.05, 4.69) is 5.32 Å². The summed E-state index contributed by atoms with van der Waals surface area (Å²) in [6.07, 6.45) is -0.731. The van der Waals surface area contributed by atoms with Gasteiger partial charge in [0.05, 0.1) is 6.10 Å². The zero-order valence-corrected chi connectivity index (χ0v) is 7.37. The Bertz CT molecular complexity index is 96.4. The molecule has 0 aliphatic carbocycles. The van der Waals surface area contributed by atoms with Crippen molar-refractivity contribution in [3.8, 4) is 0 Å². The molecule has 68 valence electrons. The summed E-state index contributed by atoms with van der Waals surface area (Å²) in [6.45, 7) is 5.85. The van der Waals surface area contributed by atoms with E-state index >= 15 is 0 Å². The van der Waals surface area contributed by atoms with E-state index in [0.717, 1.165) is 0 Å². The zero-order valence-electron chi connectivity index (χ0n) is 7.37. The first kappa shape index (κ1) is 10.8. The molecule has 0 bridgehead atoms. The first-order valence-electron chi connectivity index (χ1n) is 3.85. The van der Waals surface area contributed by atoms with E-state index in [1.807, 2.05) is 6.92 Å². The van der Waals surface area contributed by atoms with Crippen molar-refractivity contribution in [1.29, 1.82) is 0 Å². The van der Waals surface area contributed by atoms with Gasteiger partial charge in [-0.05, 0) is 20.8 Å². The van der Waals surface area contributed by atoms with Crippen LogP contribution in [0.15, 0.2) is 0 Å². The van der Waals surface area contributed by atoms with Gasteiger partial charge in [-0.25, -0.2) is 0 Å². The summed E-state index contributed by atoms with van der Waals surface area (Å²) in [5.74, 6) is 0. The maximum absolute atomic E-state index is 8.89. The van der Waals surface area contributed by atoms with Gasteiger partial charge in [0.15, 0.2) is 0 Å². The van der Waals surface area contributed by atoms with Crippen LogP contribution in [0.1, 0.15) is 20.8 Å². The number of hydrogen-bond acceptors (Lipinski definition) is 4. The van der Waals surface area contributed by atoms with E-state index in [0.29, 0.717) is 6.54 Å². The molecular formula is C7H18N2O2. The lowest BCUT2D eigenvalue weighted by atomic mass is 10.4. The van der Waals surface area contributed by atoms with Gasteiger partial charge in [-0.1, -0.05) is 0 Å². The molecule has 0 fully saturated rings. The van der Waals surface area contributed by atoms with Gasteiger partial charge < -0.3 is 15.6 Å². The topological polar surface area (TPSA) is 67.5 Å². The Kier molecular flexibility index (Phi) is 5.41. The van der Waals surface area contributed by atoms with Gasteiger partial charge in [-0.15, -0.1) is 0 Å². The molecule has 0 aliphatic rings. The lowest BCUT2D eigenvalue weighted by Gasteiger charge is -2.17. The van der Waals surface area contributed by atoms with Gasteiger partial charge in [-0.2, -0.15) is 0 Å². The Morgan fingerprint density at radius 3 is 2.36 bits per heavy atom. The van der Waals surface area contributed by atoms with E-state index in [4.69, 9.17) is 15.6 Å². The summed E-state index contributed by atoms with van der Waals surface area (Å²) >= 11 is 0. The normalized spacial score (nSPS) is 19.4. The third-order valence-electron chi connectivity index (χ3n) is 1.12. The van der Waals surface area contributed by atoms with Crippen LogP contribution in [0.4, 0.5) is 0 Å². The van der Waals surface area contributed by atoms with Crippen LogP contribution in [0, 0.1) is 0 Å². The summed E-state index contributed by atoms with van der Waals surface area (Å²) in [7, 11) is 0. The second-order valence-electron chi connectivity index (χ2n) is 2.74. The molecule has 0 aliphatic heterocycles. The SMILES string of the molecule is CC(O)CNC(C)OC(C)N. The van der Waals surface area contributed by atoms with E-state index in [-0.39, 0.29) is 18.6 Å². The number of ether oxygens (including phenoxy) is 1. The van der Waals surface area contributed by atoms with Crippen molar-refractivity contribution in [2.24, 2.45) is 5.73 Å².